The topological polar surface area (TPSA) is 29.5 Å². The number of nitrogens with zero attached hydrogens (tertiary/aromatic N) is 1. The molecule has 9 heteroatoms. The lowest BCUT2D eigenvalue weighted by atomic mass is 10.0. The van der Waals surface area contributed by atoms with Crippen LogP contribution < -0.4 is 0 Å². The first-order valence-corrected chi connectivity index (χ1v) is 8.23. The Labute approximate surface area is 145 Å². The third-order valence-corrected chi connectivity index (χ3v) is 4.76. The van der Waals surface area contributed by atoms with E-state index in [1.807, 2.05) is 0 Å². The first kappa shape index (κ1) is 19.0. The van der Waals surface area contributed by atoms with Crippen molar-refractivity contribution < 1.29 is 35.9 Å². The zero-order valence-electron chi connectivity index (χ0n) is 13.7. The summed E-state index contributed by atoms with van der Waals surface area (Å²) >= 11 is 0. The van der Waals surface area contributed by atoms with E-state index in [2.05, 4.69) is 0 Å². The van der Waals surface area contributed by atoms with Gasteiger partial charge in [0.1, 0.15) is 0 Å². The molecule has 3 nitrogen and oxygen atoms in total. The third-order valence-electron chi connectivity index (χ3n) is 4.76. The molecule has 3 rings (SSSR count). The Morgan fingerprint density at radius 2 is 1.65 bits per heavy atom. The van der Waals surface area contributed by atoms with E-state index in [4.69, 9.17) is 4.74 Å². The number of carbonyl (C=O) groups is 1. The van der Waals surface area contributed by atoms with E-state index < -0.39 is 23.5 Å². The number of benzene rings is 1. The number of alkyl halides is 6. The second-order valence-corrected chi connectivity index (χ2v) is 6.67. The minimum absolute atomic E-state index is 0.0192. The fourth-order valence-corrected chi connectivity index (χ4v) is 3.52. The number of amides is 1. The first-order valence-electron chi connectivity index (χ1n) is 8.23. The molecule has 1 aromatic rings. The van der Waals surface area contributed by atoms with Crippen LogP contribution in [0.3, 0.4) is 0 Å². The lowest BCUT2D eigenvalue weighted by molar-refractivity contribution is -0.143. The van der Waals surface area contributed by atoms with Gasteiger partial charge in [-0.1, -0.05) is 0 Å². The minimum atomic E-state index is -4.88. The van der Waals surface area contributed by atoms with E-state index in [0.29, 0.717) is 31.5 Å². The van der Waals surface area contributed by atoms with Gasteiger partial charge in [-0.25, -0.2) is 0 Å². The van der Waals surface area contributed by atoms with Crippen LogP contribution in [0.1, 0.15) is 42.4 Å². The summed E-state index contributed by atoms with van der Waals surface area (Å²) in [6.45, 7) is -0.0407. The number of fused-ring (bicyclic) bond motifs is 1. The highest BCUT2D eigenvalue weighted by molar-refractivity contribution is 5.77. The zero-order valence-corrected chi connectivity index (χ0v) is 13.7. The molecule has 0 aromatic heterocycles. The van der Waals surface area contributed by atoms with Crippen molar-refractivity contribution >= 4 is 5.91 Å². The fraction of sp³-hybridized carbons (Fsp3) is 0.588. The SMILES string of the molecule is O=C1CCCC2C[C@@H](OCc3cc(C(F)(F)F)cc(C(F)(F)F)c3)CN12. The quantitative estimate of drug-likeness (QED) is 0.727. The van der Waals surface area contributed by atoms with Crippen molar-refractivity contribution in [2.45, 2.75) is 56.8 Å². The van der Waals surface area contributed by atoms with Crippen LogP contribution in [0, 0.1) is 0 Å². The summed E-state index contributed by atoms with van der Waals surface area (Å²) < 4.78 is 82.8. The summed E-state index contributed by atoms with van der Waals surface area (Å²) in [6, 6.07) is 1.48. The Hall–Kier alpha value is -1.77. The van der Waals surface area contributed by atoms with Gasteiger partial charge in [0.05, 0.1) is 23.8 Å². The van der Waals surface area contributed by atoms with Crippen molar-refractivity contribution in [2.24, 2.45) is 0 Å². The molecule has 2 heterocycles. The molecule has 144 valence electrons. The van der Waals surface area contributed by atoms with Crippen LogP contribution in [0.15, 0.2) is 18.2 Å². The van der Waals surface area contributed by atoms with Crippen molar-refractivity contribution in [3.05, 3.63) is 34.9 Å². The Kier molecular flexibility index (Phi) is 4.94. The average Bonchev–Trinajstić information content (AvgIpc) is 2.95. The summed E-state index contributed by atoms with van der Waals surface area (Å²) in [4.78, 5) is 13.5. The summed E-state index contributed by atoms with van der Waals surface area (Å²) in [5.41, 5.74) is -2.90. The average molecular weight is 381 g/mol. The standard InChI is InChI=1S/C17H17F6NO2/c18-16(19,20)11-4-10(5-12(6-11)17(21,22)23)9-26-14-7-13-2-1-3-15(25)24(13)8-14/h4-6,13-14H,1-3,7-9H2/t13?,14-/m1/s1. The molecule has 26 heavy (non-hydrogen) atoms. The smallest absolute Gasteiger partial charge is 0.372 e. The number of halogens is 6. The van der Waals surface area contributed by atoms with Crippen LogP contribution in [0.5, 0.6) is 0 Å². The Morgan fingerprint density at radius 3 is 2.19 bits per heavy atom. The maximum Gasteiger partial charge on any atom is 0.416 e. The van der Waals surface area contributed by atoms with Crippen molar-refractivity contribution in [1.29, 1.82) is 0 Å². The molecular weight excluding hydrogens is 364 g/mol. The monoisotopic (exact) mass is 381 g/mol. The highest BCUT2D eigenvalue weighted by Gasteiger charge is 2.39. The van der Waals surface area contributed by atoms with Gasteiger partial charge >= 0.3 is 12.4 Å². The predicted octanol–water partition coefficient (Wildman–Crippen LogP) is 4.39. The molecule has 0 bridgehead atoms. The molecule has 0 N–H and O–H groups in total. The highest BCUT2D eigenvalue weighted by Crippen LogP contribution is 2.37. The summed E-state index contributed by atoms with van der Waals surface area (Å²) in [5, 5.41) is 0. The number of piperidine rings is 1. The fourth-order valence-electron chi connectivity index (χ4n) is 3.52. The first-order chi connectivity index (χ1) is 12.0. The van der Waals surface area contributed by atoms with Gasteiger partial charge in [0.25, 0.3) is 0 Å². The number of hydrogen-bond donors (Lipinski definition) is 0. The van der Waals surface area contributed by atoms with Gasteiger partial charge in [-0.2, -0.15) is 26.3 Å². The molecule has 0 radical (unpaired) electrons. The lowest BCUT2D eigenvalue weighted by Gasteiger charge is -2.28. The van der Waals surface area contributed by atoms with Crippen LogP contribution in [-0.2, 0) is 28.5 Å². The number of rotatable bonds is 3. The summed E-state index contributed by atoms with van der Waals surface area (Å²) in [5.74, 6) is 0.0192. The number of hydrogen-bond acceptors (Lipinski definition) is 2. The second-order valence-electron chi connectivity index (χ2n) is 6.67. The van der Waals surface area contributed by atoms with Crippen LogP contribution >= 0.6 is 0 Å². The van der Waals surface area contributed by atoms with Crippen LogP contribution in [0.4, 0.5) is 26.3 Å². The molecule has 1 aromatic carbocycles. The molecular formula is C17H17F6NO2. The Balaban J connectivity index is 1.72. The summed E-state index contributed by atoms with van der Waals surface area (Å²) in [7, 11) is 0. The van der Waals surface area contributed by atoms with E-state index >= 15 is 0 Å². The highest BCUT2D eigenvalue weighted by atomic mass is 19.4. The van der Waals surface area contributed by atoms with E-state index in [9.17, 15) is 31.1 Å². The van der Waals surface area contributed by atoms with Gasteiger partial charge in [0.2, 0.25) is 5.91 Å². The molecule has 0 aliphatic carbocycles. The minimum Gasteiger partial charge on any atom is -0.372 e. The molecule has 2 atom stereocenters. The van der Waals surface area contributed by atoms with Gasteiger partial charge in [-0.05, 0) is 43.0 Å². The van der Waals surface area contributed by atoms with Crippen molar-refractivity contribution in [3.8, 4) is 0 Å². The van der Waals surface area contributed by atoms with Crippen LogP contribution in [-0.4, -0.2) is 29.5 Å². The molecule has 0 saturated carbocycles. The molecule has 2 aliphatic heterocycles. The van der Waals surface area contributed by atoms with Crippen molar-refractivity contribution in [3.63, 3.8) is 0 Å². The van der Waals surface area contributed by atoms with Gasteiger partial charge in [0.15, 0.2) is 0 Å². The lowest BCUT2D eigenvalue weighted by Crippen LogP contribution is -2.39. The normalized spacial score (nSPS) is 24.1. The van der Waals surface area contributed by atoms with Gasteiger partial charge in [-0.3, -0.25) is 4.79 Å². The van der Waals surface area contributed by atoms with E-state index in [1.54, 1.807) is 4.90 Å². The predicted molar refractivity (Wildman–Crippen MR) is 79.0 cm³/mol. The molecule has 1 unspecified atom stereocenters. The Bertz CT molecular complexity index is 653. The Morgan fingerprint density at radius 1 is 1.04 bits per heavy atom. The van der Waals surface area contributed by atoms with Crippen molar-refractivity contribution in [1.82, 2.24) is 4.90 Å². The van der Waals surface area contributed by atoms with Crippen molar-refractivity contribution in [2.75, 3.05) is 6.54 Å². The van der Waals surface area contributed by atoms with Crippen LogP contribution in [0.2, 0.25) is 0 Å². The molecule has 0 spiro atoms. The van der Waals surface area contributed by atoms with Gasteiger partial charge < -0.3 is 9.64 Å². The van der Waals surface area contributed by atoms with E-state index in [-0.39, 0.29) is 36.3 Å². The summed E-state index contributed by atoms with van der Waals surface area (Å²) in [6.07, 6.45) is -7.50. The second kappa shape index (κ2) is 6.75. The third kappa shape index (κ3) is 4.13. The molecule has 1 amide bonds. The molecule has 2 fully saturated rings. The molecule has 2 saturated heterocycles. The maximum absolute atomic E-state index is 12.9. The molecule has 2 aliphatic rings. The van der Waals surface area contributed by atoms with E-state index in [0.717, 1.165) is 12.8 Å². The number of carbonyl (C=O) groups excluding carboxylic acids is 1. The maximum atomic E-state index is 12.9. The largest absolute Gasteiger partial charge is 0.416 e. The van der Waals surface area contributed by atoms with Gasteiger partial charge in [0, 0.05) is 19.0 Å². The van der Waals surface area contributed by atoms with E-state index in [1.165, 1.54) is 0 Å². The van der Waals surface area contributed by atoms with Crippen LogP contribution in [0.25, 0.3) is 0 Å². The van der Waals surface area contributed by atoms with Gasteiger partial charge in [-0.15, -0.1) is 0 Å². The zero-order chi connectivity index (χ0) is 19.1. The number of ether oxygens (including phenoxy) is 1.